The quantitative estimate of drug-likeness (QED) is 0.892. The fourth-order valence-corrected chi connectivity index (χ4v) is 2.25. The zero-order valence-corrected chi connectivity index (χ0v) is 13.4. The molecule has 7 nitrogen and oxygen atoms in total. The molecule has 2 amide bonds. The zero-order chi connectivity index (χ0) is 16.3. The van der Waals surface area contributed by atoms with Crippen molar-refractivity contribution in [3.8, 4) is 5.75 Å². The highest BCUT2D eigenvalue weighted by molar-refractivity contribution is 9.10. The van der Waals surface area contributed by atoms with Crippen LogP contribution in [-0.2, 0) is 4.74 Å². The summed E-state index contributed by atoms with van der Waals surface area (Å²) in [5.41, 5.74) is -0.674. The number of hydrogen-bond donors (Lipinski definition) is 1. The van der Waals surface area contributed by atoms with Gasteiger partial charge in [0.25, 0.3) is 5.91 Å². The van der Waals surface area contributed by atoms with Gasteiger partial charge in [-0.05, 0) is 19.1 Å². The summed E-state index contributed by atoms with van der Waals surface area (Å²) in [6, 6.07) is 3.13. The molecule has 2 rings (SSSR count). The van der Waals surface area contributed by atoms with Crippen molar-refractivity contribution in [2.24, 2.45) is 0 Å². The normalized spacial score (nSPS) is 10.3. The summed E-state index contributed by atoms with van der Waals surface area (Å²) in [5.74, 6) is -0.549. The minimum atomic E-state index is -0.932. The van der Waals surface area contributed by atoms with Crippen LogP contribution in [0.3, 0.4) is 0 Å². The van der Waals surface area contributed by atoms with E-state index in [-0.39, 0.29) is 23.1 Å². The van der Waals surface area contributed by atoms with Crippen molar-refractivity contribution in [1.82, 2.24) is 5.32 Å². The number of amides is 2. The molecule has 8 heteroatoms. The van der Waals surface area contributed by atoms with Gasteiger partial charge in [-0.1, -0.05) is 15.9 Å². The molecule has 0 aliphatic heterocycles. The van der Waals surface area contributed by atoms with Gasteiger partial charge in [-0.25, -0.2) is 4.79 Å². The Kier molecular flexibility index (Phi) is 4.81. The van der Waals surface area contributed by atoms with Gasteiger partial charge in [0.2, 0.25) is 5.43 Å². The van der Waals surface area contributed by atoms with E-state index in [4.69, 9.17) is 9.15 Å². The largest absolute Gasteiger partial charge is 0.493 e. The minimum Gasteiger partial charge on any atom is -0.493 e. The van der Waals surface area contributed by atoms with Crippen molar-refractivity contribution in [3.63, 3.8) is 0 Å². The molecule has 0 aliphatic rings. The number of fused-ring (bicyclic) bond motifs is 1. The highest BCUT2D eigenvalue weighted by Crippen LogP contribution is 2.28. The van der Waals surface area contributed by atoms with Crippen molar-refractivity contribution in [1.29, 1.82) is 0 Å². The molecular weight excluding hydrogens is 358 g/mol. The Morgan fingerprint density at radius 1 is 1.36 bits per heavy atom. The Morgan fingerprint density at radius 2 is 2.09 bits per heavy atom. The lowest BCUT2D eigenvalue weighted by atomic mass is 10.1. The van der Waals surface area contributed by atoms with Gasteiger partial charge in [-0.15, -0.1) is 0 Å². The fraction of sp³-hybridized carbons (Fsp3) is 0.214. The average Bonchev–Trinajstić information content (AvgIpc) is 2.47. The molecule has 0 spiro atoms. The Morgan fingerprint density at radius 3 is 2.73 bits per heavy atom. The lowest BCUT2D eigenvalue weighted by Crippen LogP contribution is -2.34. The van der Waals surface area contributed by atoms with E-state index in [1.165, 1.54) is 13.2 Å². The standard InChI is InChI=1S/C14H12BrNO6/c1-3-21-14(19)16-13(18)9-6-22-12-8(11(9)17)4-7(15)5-10(12)20-2/h4-6H,3H2,1-2H3,(H,16,18,19). The summed E-state index contributed by atoms with van der Waals surface area (Å²) in [7, 11) is 1.43. The van der Waals surface area contributed by atoms with E-state index in [2.05, 4.69) is 20.7 Å². The van der Waals surface area contributed by atoms with Gasteiger partial charge >= 0.3 is 6.09 Å². The third-order valence-electron chi connectivity index (χ3n) is 2.76. The smallest absolute Gasteiger partial charge is 0.414 e. The van der Waals surface area contributed by atoms with E-state index >= 15 is 0 Å². The number of carbonyl (C=O) groups excluding carboxylic acids is 2. The van der Waals surface area contributed by atoms with Crippen LogP contribution in [0.4, 0.5) is 4.79 Å². The van der Waals surface area contributed by atoms with Gasteiger partial charge in [0.1, 0.15) is 11.8 Å². The topological polar surface area (TPSA) is 94.8 Å². The minimum absolute atomic E-state index is 0.107. The van der Waals surface area contributed by atoms with Crippen molar-refractivity contribution in [3.05, 3.63) is 38.7 Å². The van der Waals surface area contributed by atoms with Gasteiger partial charge in [0.15, 0.2) is 11.3 Å². The molecule has 0 atom stereocenters. The predicted octanol–water partition coefficient (Wildman–Crippen LogP) is 2.45. The second kappa shape index (κ2) is 6.61. The van der Waals surface area contributed by atoms with Crippen LogP contribution in [0.25, 0.3) is 11.0 Å². The van der Waals surface area contributed by atoms with E-state index in [0.717, 1.165) is 6.26 Å². The van der Waals surface area contributed by atoms with Gasteiger partial charge in [-0.3, -0.25) is 14.9 Å². The lowest BCUT2D eigenvalue weighted by Gasteiger charge is -2.07. The summed E-state index contributed by atoms with van der Waals surface area (Å²) in [4.78, 5) is 35.5. The third kappa shape index (κ3) is 3.11. The molecule has 0 radical (unpaired) electrons. The van der Waals surface area contributed by atoms with Crippen molar-refractivity contribution in [2.45, 2.75) is 6.92 Å². The first-order valence-corrected chi connectivity index (χ1v) is 7.04. The van der Waals surface area contributed by atoms with Crippen LogP contribution in [0.1, 0.15) is 17.3 Å². The van der Waals surface area contributed by atoms with E-state index in [9.17, 15) is 14.4 Å². The lowest BCUT2D eigenvalue weighted by molar-refractivity contribution is 0.0922. The van der Waals surface area contributed by atoms with Crippen LogP contribution in [0.5, 0.6) is 5.75 Å². The highest BCUT2D eigenvalue weighted by atomic mass is 79.9. The van der Waals surface area contributed by atoms with Crippen LogP contribution in [0.2, 0.25) is 0 Å². The molecule has 1 heterocycles. The SMILES string of the molecule is CCOC(=O)NC(=O)c1coc2c(OC)cc(Br)cc2c1=O. The number of halogens is 1. The molecule has 0 saturated heterocycles. The van der Waals surface area contributed by atoms with E-state index in [1.54, 1.807) is 13.0 Å². The molecule has 1 aromatic heterocycles. The second-order valence-electron chi connectivity index (χ2n) is 4.14. The monoisotopic (exact) mass is 369 g/mol. The first-order chi connectivity index (χ1) is 10.5. The predicted molar refractivity (Wildman–Crippen MR) is 81.2 cm³/mol. The van der Waals surface area contributed by atoms with Gasteiger partial charge < -0.3 is 13.9 Å². The first kappa shape index (κ1) is 16.0. The van der Waals surface area contributed by atoms with E-state index < -0.39 is 17.4 Å². The number of imide groups is 1. The molecule has 0 saturated carbocycles. The summed E-state index contributed by atoms with van der Waals surface area (Å²) in [6.07, 6.45) is 0.0501. The Hall–Kier alpha value is -2.35. The van der Waals surface area contributed by atoms with Crippen LogP contribution in [0.15, 0.2) is 32.1 Å². The Balaban J connectivity index is 2.49. The van der Waals surface area contributed by atoms with Crippen molar-refractivity contribution in [2.75, 3.05) is 13.7 Å². The zero-order valence-electron chi connectivity index (χ0n) is 11.8. The molecule has 0 bridgehead atoms. The number of benzene rings is 1. The van der Waals surface area contributed by atoms with Gasteiger partial charge in [-0.2, -0.15) is 0 Å². The number of methoxy groups -OCH3 is 1. The molecule has 22 heavy (non-hydrogen) atoms. The molecule has 0 fully saturated rings. The van der Waals surface area contributed by atoms with E-state index in [0.29, 0.717) is 10.2 Å². The Labute approximate surface area is 133 Å². The molecular formula is C14H12BrNO6. The fourth-order valence-electron chi connectivity index (χ4n) is 1.81. The van der Waals surface area contributed by atoms with E-state index in [1.807, 2.05) is 5.32 Å². The van der Waals surface area contributed by atoms with Crippen LogP contribution < -0.4 is 15.5 Å². The number of alkyl carbamates (subject to hydrolysis) is 1. The van der Waals surface area contributed by atoms with Crippen molar-refractivity contribution >= 4 is 38.9 Å². The van der Waals surface area contributed by atoms with Gasteiger partial charge in [0, 0.05) is 4.47 Å². The van der Waals surface area contributed by atoms with Crippen LogP contribution >= 0.6 is 15.9 Å². The number of nitrogens with one attached hydrogen (secondary N) is 1. The number of ether oxygens (including phenoxy) is 2. The van der Waals surface area contributed by atoms with Crippen LogP contribution in [-0.4, -0.2) is 25.7 Å². The Bertz CT molecular complexity index is 798. The second-order valence-corrected chi connectivity index (χ2v) is 5.05. The molecule has 0 unspecified atom stereocenters. The molecule has 0 aliphatic carbocycles. The summed E-state index contributed by atoms with van der Waals surface area (Å²) in [5, 5.41) is 2.10. The third-order valence-corrected chi connectivity index (χ3v) is 3.22. The summed E-state index contributed by atoms with van der Waals surface area (Å²) >= 11 is 3.25. The summed E-state index contributed by atoms with van der Waals surface area (Å²) < 4.78 is 15.6. The number of carbonyl (C=O) groups is 2. The molecule has 1 N–H and O–H groups in total. The van der Waals surface area contributed by atoms with Gasteiger partial charge in [0.05, 0.1) is 19.1 Å². The number of hydrogen-bond acceptors (Lipinski definition) is 6. The first-order valence-electron chi connectivity index (χ1n) is 6.25. The maximum Gasteiger partial charge on any atom is 0.414 e. The maximum absolute atomic E-state index is 12.4. The van der Waals surface area contributed by atoms with Crippen LogP contribution in [0, 0.1) is 0 Å². The van der Waals surface area contributed by atoms with Crippen molar-refractivity contribution < 1.29 is 23.5 Å². The number of rotatable bonds is 3. The molecule has 2 aromatic rings. The highest BCUT2D eigenvalue weighted by Gasteiger charge is 2.19. The molecule has 116 valence electrons. The average molecular weight is 370 g/mol. The molecule has 1 aromatic carbocycles. The maximum atomic E-state index is 12.4. The summed E-state index contributed by atoms with van der Waals surface area (Å²) in [6.45, 7) is 1.70.